The molecule has 0 fully saturated rings. The van der Waals surface area contributed by atoms with Gasteiger partial charge in [0.1, 0.15) is 0 Å². The molecule has 0 saturated heterocycles. The maximum Gasteiger partial charge on any atom is 0.0940 e. The fourth-order valence-electron chi connectivity index (χ4n) is 1.07. The van der Waals surface area contributed by atoms with Crippen LogP contribution in [0, 0.1) is 0 Å². The van der Waals surface area contributed by atoms with Crippen LogP contribution in [-0.4, -0.2) is 11.5 Å². The van der Waals surface area contributed by atoms with Gasteiger partial charge in [-0.25, -0.2) is 4.98 Å². The fourth-order valence-corrected chi connectivity index (χ4v) is 3.16. The predicted molar refractivity (Wildman–Crippen MR) is 61.3 cm³/mol. The van der Waals surface area contributed by atoms with Gasteiger partial charge in [0, 0.05) is 6.42 Å². The highest BCUT2D eigenvalue weighted by molar-refractivity contribution is 9.11. The van der Waals surface area contributed by atoms with Gasteiger partial charge in [-0.2, -0.15) is 0 Å². The highest BCUT2D eigenvalue weighted by atomic mass is 79.9. The number of thiazole rings is 1. The first-order valence-electron chi connectivity index (χ1n) is 4.50. The molecule has 1 aromatic heterocycles. The molecule has 0 aliphatic carbocycles. The summed E-state index contributed by atoms with van der Waals surface area (Å²) in [6, 6.07) is 0. The van der Waals surface area contributed by atoms with Gasteiger partial charge in [0.15, 0.2) is 0 Å². The first-order valence-corrected chi connectivity index (χ1v) is 6.11. The molecule has 0 aliphatic heterocycles. The molecule has 4 heteroatoms. The Morgan fingerprint density at radius 3 is 2.69 bits per heavy atom. The highest BCUT2D eigenvalue weighted by Crippen LogP contribution is 2.30. The summed E-state index contributed by atoms with van der Waals surface area (Å²) < 4.78 is 1.18. The molecule has 0 unspecified atom stereocenters. The summed E-state index contributed by atoms with van der Waals surface area (Å²) in [5.74, 6) is 0.497. The number of hydrogen-bond acceptors (Lipinski definition) is 3. The molecule has 0 aromatic carbocycles. The summed E-state index contributed by atoms with van der Waals surface area (Å²) in [4.78, 5) is 4.56. The molecule has 1 aromatic rings. The van der Waals surface area contributed by atoms with Crippen LogP contribution in [0.1, 0.15) is 36.9 Å². The molecular weight excluding hydrogens is 248 g/mol. The quantitative estimate of drug-likeness (QED) is 0.907. The summed E-state index contributed by atoms with van der Waals surface area (Å²) in [5.41, 5.74) is 6.62. The molecular formula is C9H15BrN2S. The predicted octanol–water partition coefficient (Wildman–Crippen LogP) is 2.92. The molecule has 1 rings (SSSR count). The topological polar surface area (TPSA) is 38.9 Å². The summed E-state index contributed by atoms with van der Waals surface area (Å²) in [6.45, 7) is 5.06. The summed E-state index contributed by atoms with van der Waals surface area (Å²) >= 11 is 5.27. The third kappa shape index (κ3) is 3.04. The van der Waals surface area contributed by atoms with Gasteiger partial charge in [-0.3, -0.25) is 0 Å². The first-order chi connectivity index (χ1) is 6.15. The lowest BCUT2D eigenvalue weighted by molar-refractivity contribution is 0.790. The lowest BCUT2D eigenvalue weighted by Crippen LogP contribution is -2.00. The Kier molecular flexibility index (Phi) is 4.35. The minimum Gasteiger partial charge on any atom is -0.330 e. The Morgan fingerprint density at radius 2 is 2.23 bits per heavy atom. The van der Waals surface area contributed by atoms with Crippen LogP contribution in [0.5, 0.6) is 0 Å². The second kappa shape index (κ2) is 5.08. The van der Waals surface area contributed by atoms with Crippen molar-refractivity contribution in [1.82, 2.24) is 4.98 Å². The molecule has 0 saturated carbocycles. The van der Waals surface area contributed by atoms with E-state index >= 15 is 0 Å². The van der Waals surface area contributed by atoms with E-state index in [1.54, 1.807) is 11.3 Å². The lowest BCUT2D eigenvalue weighted by atomic mass is 10.2. The third-order valence-corrected chi connectivity index (χ3v) is 3.61. The Balaban J connectivity index is 2.71. The van der Waals surface area contributed by atoms with E-state index in [4.69, 9.17) is 5.73 Å². The van der Waals surface area contributed by atoms with Crippen molar-refractivity contribution in [3.05, 3.63) is 14.5 Å². The molecule has 0 atom stereocenters. The van der Waals surface area contributed by atoms with Crippen LogP contribution in [0.15, 0.2) is 3.79 Å². The number of aromatic nitrogens is 1. The van der Waals surface area contributed by atoms with E-state index in [0.29, 0.717) is 5.92 Å². The minimum absolute atomic E-state index is 0.497. The normalized spacial score (nSPS) is 11.2. The maximum atomic E-state index is 5.45. The van der Waals surface area contributed by atoms with Crippen molar-refractivity contribution >= 4 is 27.3 Å². The Bertz CT molecular complexity index is 271. The van der Waals surface area contributed by atoms with Crippen molar-refractivity contribution in [2.75, 3.05) is 6.54 Å². The van der Waals surface area contributed by atoms with E-state index in [9.17, 15) is 0 Å². The van der Waals surface area contributed by atoms with E-state index in [0.717, 1.165) is 19.4 Å². The number of nitrogens with two attached hydrogens (primary N) is 1. The average Bonchev–Trinajstić information content (AvgIpc) is 2.43. The van der Waals surface area contributed by atoms with Gasteiger partial charge in [-0.15, -0.1) is 11.3 Å². The largest absolute Gasteiger partial charge is 0.330 e. The van der Waals surface area contributed by atoms with E-state index in [-0.39, 0.29) is 0 Å². The van der Waals surface area contributed by atoms with E-state index < -0.39 is 0 Å². The number of rotatable bonds is 4. The molecule has 0 bridgehead atoms. The maximum absolute atomic E-state index is 5.45. The molecule has 74 valence electrons. The van der Waals surface area contributed by atoms with Gasteiger partial charge < -0.3 is 5.73 Å². The van der Waals surface area contributed by atoms with E-state index in [1.807, 2.05) is 0 Å². The molecule has 0 amide bonds. The SMILES string of the molecule is CC(C)c1nc(CCCN)sc1Br. The first kappa shape index (κ1) is 11.1. The second-order valence-corrected chi connectivity index (χ2v) is 5.71. The van der Waals surface area contributed by atoms with Gasteiger partial charge in [0.05, 0.1) is 14.5 Å². The van der Waals surface area contributed by atoms with Gasteiger partial charge in [0.2, 0.25) is 0 Å². The average molecular weight is 263 g/mol. The monoisotopic (exact) mass is 262 g/mol. The van der Waals surface area contributed by atoms with Crippen LogP contribution >= 0.6 is 27.3 Å². The summed E-state index contributed by atoms with van der Waals surface area (Å²) in [6.07, 6.45) is 2.03. The molecule has 0 radical (unpaired) electrons. The number of hydrogen-bond donors (Lipinski definition) is 1. The van der Waals surface area contributed by atoms with E-state index in [2.05, 4.69) is 34.8 Å². The van der Waals surface area contributed by atoms with Crippen LogP contribution in [-0.2, 0) is 6.42 Å². The van der Waals surface area contributed by atoms with Gasteiger partial charge >= 0.3 is 0 Å². The third-order valence-electron chi connectivity index (χ3n) is 1.80. The Hall–Kier alpha value is 0.0700. The molecule has 13 heavy (non-hydrogen) atoms. The molecule has 1 heterocycles. The van der Waals surface area contributed by atoms with Crippen molar-refractivity contribution in [1.29, 1.82) is 0 Å². The van der Waals surface area contributed by atoms with Crippen molar-refractivity contribution in [3.8, 4) is 0 Å². The lowest BCUT2D eigenvalue weighted by Gasteiger charge is -1.98. The number of halogens is 1. The van der Waals surface area contributed by atoms with Crippen LogP contribution in [0.2, 0.25) is 0 Å². The molecule has 0 spiro atoms. The van der Waals surface area contributed by atoms with Crippen LogP contribution in [0.4, 0.5) is 0 Å². The van der Waals surface area contributed by atoms with Crippen LogP contribution < -0.4 is 5.73 Å². The molecule has 2 N–H and O–H groups in total. The summed E-state index contributed by atoms with van der Waals surface area (Å²) in [7, 11) is 0. The van der Waals surface area contributed by atoms with Crippen molar-refractivity contribution < 1.29 is 0 Å². The summed E-state index contributed by atoms with van der Waals surface area (Å²) in [5, 5.41) is 1.20. The minimum atomic E-state index is 0.497. The van der Waals surface area contributed by atoms with Crippen molar-refractivity contribution in [2.24, 2.45) is 5.73 Å². The zero-order valence-electron chi connectivity index (χ0n) is 8.01. The zero-order valence-corrected chi connectivity index (χ0v) is 10.4. The number of aryl methyl sites for hydroxylation is 1. The van der Waals surface area contributed by atoms with Gasteiger partial charge in [-0.1, -0.05) is 13.8 Å². The van der Waals surface area contributed by atoms with Crippen molar-refractivity contribution in [3.63, 3.8) is 0 Å². The van der Waals surface area contributed by atoms with E-state index in [1.165, 1.54) is 14.5 Å². The highest BCUT2D eigenvalue weighted by Gasteiger charge is 2.11. The second-order valence-electron chi connectivity index (χ2n) is 3.31. The Morgan fingerprint density at radius 1 is 1.54 bits per heavy atom. The van der Waals surface area contributed by atoms with Gasteiger partial charge in [-0.05, 0) is 34.8 Å². The number of nitrogens with zero attached hydrogens (tertiary/aromatic N) is 1. The van der Waals surface area contributed by atoms with Crippen LogP contribution in [0.3, 0.4) is 0 Å². The van der Waals surface area contributed by atoms with Crippen molar-refractivity contribution in [2.45, 2.75) is 32.6 Å². The zero-order chi connectivity index (χ0) is 9.84. The van der Waals surface area contributed by atoms with Gasteiger partial charge in [0.25, 0.3) is 0 Å². The Labute approximate surface area is 91.7 Å². The van der Waals surface area contributed by atoms with Crippen LogP contribution in [0.25, 0.3) is 0 Å². The smallest absolute Gasteiger partial charge is 0.0940 e. The molecule has 2 nitrogen and oxygen atoms in total. The standard InChI is InChI=1S/C9H15BrN2S/c1-6(2)8-9(10)13-7(12-8)4-3-5-11/h6H,3-5,11H2,1-2H3. The molecule has 0 aliphatic rings. The fraction of sp³-hybridized carbons (Fsp3) is 0.667.